The predicted molar refractivity (Wildman–Crippen MR) is 124 cm³/mol. The lowest BCUT2D eigenvalue weighted by atomic mass is 9.63. The number of hydrogen-bond donors (Lipinski definition) is 5. The fraction of sp³-hybridized carbons (Fsp3) is 0.538. The fourth-order valence-corrected chi connectivity index (χ4v) is 5.90. The Morgan fingerprint density at radius 2 is 1.71 bits per heavy atom. The van der Waals surface area contributed by atoms with Crippen LogP contribution in [0.25, 0.3) is 0 Å². The number of allylic oxidation sites excluding steroid dienone is 2. The molecule has 1 saturated carbocycles. The molecule has 0 bridgehead atoms. The maximum atomic E-state index is 13.4. The van der Waals surface area contributed by atoms with Crippen LogP contribution in [0.4, 0.5) is 0 Å². The molecule has 4 aliphatic rings. The Morgan fingerprint density at radius 3 is 2.29 bits per heavy atom. The van der Waals surface area contributed by atoms with Gasteiger partial charge in [-0.05, 0) is 13.3 Å². The van der Waals surface area contributed by atoms with Crippen molar-refractivity contribution in [3.63, 3.8) is 0 Å². The predicted octanol–water partition coefficient (Wildman–Crippen LogP) is 2.08. The van der Waals surface area contributed by atoms with Crippen LogP contribution in [0.3, 0.4) is 0 Å². The van der Waals surface area contributed by atoms with E-state index in [1.54, 1.807) is 26.0 Å². The van der Waals surface area contributed by atoms with Gasteiger partial charge in [-0.25, -0.2) is 0 Å². The highest BCUT2D eigenvalue weighted by Gasteiger charge is 2.54. The molecule has 1 heterocycles. The van der Waals surface area contributed by atoms with Gasteiger partial charge >= 0.3 is 0 Å². The first-order valence-electron chi connectivity index (χ1n) is 12.1. The minimum atomic E-state index is -1.27. The highest BCUT2D eigenvalue weighted by molar-refractivity contribution is 6.18. The van der Waals surface area contributed by atoms with Crippen LogP contribution in [0, 0.1) is 11.8 Å². The van der Waals surface area contributed by atoms with Crippen LogP contribution in [0.2, 0.25) is 0 Å². The second-order valence-corrected chi connectivity index (χ2v) is 10.1. The standard InChI is InChI=1S/C26H31NO8/c1-3-26(33)9-14-18(16(10-26)35-17-8-15(27)21(28)11(2)34-17)25(32)20-19(24(14)31)22(29)12-6-4-5-7-13(12)23(20)30/h4-7,11,15-17,19-21,28,31-33H,3,8-10,27H2,1-2H3/t11-,15-,16-,17-,19?,20?,21+,26-/m0/s1. The van der Waals surface area contributed by atoms with E-state index < -0.39 is 59.6 Å². The van der Waals surface area contributed by atoms with Gasteiger partial charge in [-0.2, -0.15) is 0 Å². The Bertz CT molecular complexity index is 1130. The van der Waals surface area contributed by atoms with Crippen molar-refractivity contribution in [2.24, 2.45) is 17.6 Å². The molecule has 1 aromatic carbocycles. The second-order valence-electron chi connectivity index (χ2n) is 10.1. The number of carbonyl (C=O) groups excluding carboxylic acids is 2. The number of benzene rings is 1. The van der Waals surface area contributed by atoms with Gasteiger partial charge in [-0.3, -0.25) is 9.59 Å². The third-order valence-corrected chi connectivity index (χ3v) is 7.97. The maximum Gasteiger partial charge on any atom is 0.175 e. The molecule has 3 aliphatic carbocycles. The molecule has 0 aromatic heterocycles. The van der Waals surface area contributed by atoms with Crippen molar-refractivity contribution in [2.45, 2.75) is 75.8 Å². The van der Waals surface area contributed by atoms with E-state index in [2.05, 4.69) is 0 Å². The van der Waals surface area contributed by atoms with E-state index in [-0.39, 0.29) is 53.1 Å². The molecule has 0 spiro atoms. The smallest absolute Gasteiger partial charge is 0.175 e. The van der Waals surface area contributed by atoms with E-state index in [1.807, 2.05) is 0 Å². The number of aliphatic hydroxyl groups excluding tert-OH is 3. The van der Waals surface area contributed by atoms with Crippen molar-refractivity contribution in [1.82, 2.24) is 0 Å². The number of nitrogens with two attached hydrogens (primary N) is 1. The van der Waals surface area contributed by atoms with E-state index in [4.69, 9.17) is 15.2 Å². The maximum absolute atomic E-state index is 13.4. The van der Waals surface area contributed by atoms with Crippen LogP contribution in [0.15, 0.2) is 46.9 Å². The third-order valence-electron chi connectivity index (χ3n) is 7.97. The molecule has 0 radical (unpaired) electrons. The third kappa shape index (κ3) is 3.73. The average Bonchev–Trinajstić information content (AvgIpc) is 2.83. The zero-order valence-corrected chi connectivity index (χ0v) is 19.7. The monoisotopic (exact) mass is 485 g/mol. The summed E-state index contributed by atoms with van der Waals surface area (Å²) in [5.74, 6) is -4.08. The van der Waals surface area contributed by atoms with Gasteiger partial charge in [-0.15, -0.1) is 0 Å². The number of fused-ring (bicyclic) bond motifs is 3. The number of ether oxygens (including phenoxy) is 2. The summed E-state index contributed by atoms with van der Waals surface area (Å²) in [6.45, 7) is 3.47. The van der Waals surface area contributed by atoms with Gasteiger partial charge in [0.05, 0.1) is 35.7 Å². The van der Waals surface area contributed by atoms with E-state index in [0.29, 0.717) is 6.42 Å². The number of carbonyl (C=O) groups is 2. The van der Waals surface area contributed by atoms with Gasteiger partial charge in [0, 0.05) is 47.6 Å². The Kier molecular flexibility index (Phi) is 5.89. The Labute approximate surface area is 202 Å². The van der Waals surface area contributed by atoms with Gasteiger partial charge in [0.2, 0.25) is 0 Å². The fourth-order valence-electron chi connectivity index (χ4n) is 5.90. The molecular weight excluding hydrogens is 454 g/mol. The van der Waals surface area contributed by atoms with Crippen molar-refractivity contribution in [2.75, 3.05) is 0 Å². The van der Waals surface area contributed by atoms with Crippen LogP contribution < -0.4 is 5.73 Å². The van der Waals surface area contributed by atoms with E-state index in [9.17, 15) is 30.0 Å². The first-order chi connectivity index (χ1) is 16.6. The Hall–Kier alpha value is -2.56. The number of rotatable bonds is 3. The van der Waals surface area contributed by atoms with Crippen molar-refractivity contribution < 1.29 is 39.5 Å². The molecular formula is C26H31NO8. The minimum Gasteiger partial charge on any atom is -0.511 e. The summed E-state index contributed by atoms with van der Waals surface area (Å²) in [7, 11) is 0. The molecule has 1 aromatic rings. The molecule has 2 fully saturated rings. The lowest BCUT2D eigenvalue weighted by Gasteiger charge is -2.46. The second kappa shape index (κ2) is 8.53. The van der Waals surface area contributed by atoms with Gasteiger partial charge in [0.25, 0.3) is 0 Å². The highest BCUT2D eigenvalue weighted by atomic mass is 16.7. The molecule has 8 atom stereocenters. The van der Waals surface area contributed by atoms with Crippen LogP contribution in [0.5, 0.6) is 0 Å². The lowest BCUT2D eigenvalue weighted by Crippen LogP contribution is -2.53. The zero-order valence-electron chi connectivity index (χ0n) is 19.7. The topological polar surface area (TPSA) is 160 Å². The first kappa shape index (κ1) is 24.1. The van der Waals surface area contributed by atoms with E-state index in [0.717, 1.165) is 0 Å². The summed E-state index contributed by atoms with van der Waals surface area (Å²) in [6, 6.07) is 5.77. The average molecular weight is 486 g/mol. The van der Waals surface area contributed by atoms with Crippen molar-refractivity contribution >= 4 is 11.6 Å². The number of ketones is 2. The van der Waals surface area contributed by atoms with E-state index >= 15 is 0 Å². The molecule has 188 valence electrons. The van der Waals surface area contributed by atoms with Gasteiger partial charge < -0.3 is 35.6 Å². The van der Waals surface area contributed by atoms with Gasteiger partial charge in [0.1, 0.15) is 11.5 Å². The first-order valence-corrected chi connectivity index (χ1v) is 12.1. The molecule has 35 heavy (non-hydrogen) atoms. The number of hydrogen-bond acceptors (Lipinski definition) is 9. The summed E-state index contributed by atoms with van der Waals surface area (Å²) in [6.07, 6.45) is -2.60. The summed E-state index contributed by atoms with van der Waals surface area (Å²) < 4.78 is 12.0. The minimum absolute atomic E-state index is 0.00107. The molecule has 9 nitrogen and oxygen atoms in total. The van der Waals surface area contributed by atoms with Gasteiger partial charge in [-0.1, -0.05) is 31.2 Å². The van der Waals surface area contributed by atoms with Crippen LogP contribution in [-0.2, 0) is 9.47 Å². The van der Waals surface area contributed by atoms with Crippen LogP contribution in [0.1, 0.15) is 60.2 Å². The summed E-state index contributed by atoms with van der Waals surface area (Å²) in [5, 5.41) is 44.1. The molecule has 9 heteroatoms. The van der Waals surface area contributed by atoms with Crippen LogP contribution >= 0.6 is 0 Å². The molecule has 6 N–H and O–H groups in total. The number of Topliss-reactive ketones (excluding diaryl/α,β-unsaturated/α-hetero) is 2. The number of aliphatic hydroxyl groups is 4. The summed E-state index contributed by atoms with van der Waals surface area (Å²) in [4.78, 5) is 26.7. The van der Waals surface area contributed by atoms with E-state index in [1.165, 1.54) is 12.1 Å². The summed E-state index contributed by atoms with van der Waals surface area (Å²) in [5.41, 5.74) is 5.60. The largest absolute Gasteiger partial charge is 0.511 e. The van der Waals surface area contributed by atoms with Crippen molar-refractivity contribution in [1.29, 1.82) is 0 Å². The quantitative estimate of drug-likeness (QED) is 0.432. The van der Waals surface area contributed by atoms with Crippen molar-refractivity contribution in [3.8, 4) is 0 Å². The Morgan fingerprint density at radius 1 is 1.11 bits per heavy atom. The Balaban J connectivity index is 1.59. The lowest BCUT2D eigenvalue weighted by molar-refractivity contribution is -0.240. The molecule has 0 amide bonds. The molecule has 1 aliphatic heterocycles. The molecule has 5 rings (SSSR count). The zero-order chi connectivity index (χ0) is 25.2. The molecule has 1 saturated heterocycles. The van der Waals surface area contributed by atoms with Crippen molar-refractivity contribution in [3.05, 3.63) is 58.1 Å². The van der Waals surface area contributed by atoms with Gasteiger partial charge in [0.15, 0.2) is 17.9 Å². The highest BCUT2D eigenvalue weighted by Crippen LogP contribution is 2.51. The molecule has 2 unspecified atom stereocenters. The SMILES string of the molecule is CC[C@]1(O)CC2=C(O)C3C(=O)c4ccccc4C(=O)C3C(O)=C2[C@@H](O[C@H]2C[C@H](N)[C@H](O)[C@H](C)O2)C1. The van der Waals surface area contributed by atoms with Crippen LogP contribution in [-0.4, -0.2) is 68.2 Å². The summed E-state index contributed by atoms with van der Waals surface area (Å²) >= 11 is 0. The normalized spacial score (nSPS) is 39.3.